The van der Waals surface area contributed by atoms with Crippen molar-refractivity contribution in [3.8, 4) is 11.5 Å². The molecule has 132 valence electrons. The Morgan fingerprint density at radius 3 is 2.56 bits per heavy atom. The van der Waals surface area contributed by atoms with Crippen LogP contribution in [0.25, 0.3) is 0 Å². The number of anilines is 1. The second-order valence-corrected chi connectivity index (χ2v) is 6.78. The number of nitrogens with one attached hydrogen (secondary N) is 3. The molecule has 1 aliphatic heterocycles. The van der Waals surface area contributed by atoms with E-state index < -0.39 is 0 Å². The summed E-state index contributed by atoms with van der Waals surface area (Å²) in [5.41, 5.74) is 0.962. The van der Waals surface area contributed by atoms with Gasteiger partial charge >= 0.3 is 0 Å². The quantitative estimate of drug-likeness (QED) is 0.696. The molecule has 0 spiro atoms. The third-order valence-corrected chi connectivity index (χ3v) is 4.93. The molecule has 1 aliphatic rings. The highest BCUT2D eigenvalue weighted by molar-refractivity contribution is 7.80. The van der Waals surface area contributed by atoms with E-state index in [0.717, 1.165) is 23.7 Å². The number of hydrogen-bond donors (Lipinski definition) is 3. The molecular weight excluding hydrogens is 330 g/mol. The molecule has 2 atom stereocenters. The molecule has 1 heterocycles. The number of ether oxygens (including phenoxy) is 1. The second kappa shape index (κ2) is 8.83. The van der Waals surface area contributed by atoms with Crippen molar-refractivity contribution in [3.05, 3.63) is 54.6 Å². The summed E-state index contributed by atoms with van der Waals surface area (Å²) in [5.74, 6) is 1.64. The number of thiocarbonyl (C=S) groups is 1. The molecule has 3 rings (SSSR count). The monoisotopic (exact) mass is 356 g/mol. The average Bonchev–Trinajstić information content (AvgIpc) is 3.10. The fraction of sp³-hybridized carbons (Fsp3) is 0.350. The van der Waals surface area contributed by atoms with Gasteiger partial charge in [-0.1, -0.05) is 18.2 Å². The van der Waals surface area contributed by atoms with Crippen molar-refractivity contribution in [2.24, 2.45) is 0 Å². The molecule has 0 saturated carbocycles. The van der Waals surface area contributed by atoms with Crippen LogP contribution in [0.15, 0.2) is 54.6 Å². The van der Waals surface area contributed by atoms with E-state index in [1.807, 2.05) is 54.6 Å². The van der Waals surface area contributed by atoms with Gasteiger partial charge in [-0.2, -0.15) is 0 Å². The van der Waals surface area contributed by atoms with Gasteiger partial charge in [0.1, 0.15) is 17.5 Å². The van der Waals surface area contributed by atoms with Gasteiger partial charge in [0.05, 0.1) is 19.6 Å². The zero-order chi connectivity index (χ0) is 17.5. The lowest BCUT2D eigenvalue weighted by Gasteiger charge is -2.21. The number of hydrogen-bond acceptors (Lipinski definition) is 2. The Balaban J connectivity index is 1.47. The Labute approximate surface area is 155 Å². The van der Waals surface area contributed by atoms with Crippen LogP contribution in [-0.4, -0.2) is 30.8 Å². The molecule has 4 nitrogen and oxygen atoms in total. The van der Waals surface area contributed by atoms with Gasteiger partial charge in [-0.05, 0) is 55.5 Å². The van der Waals surface area contributed by atoms with Crippen LogP contribution in [-0.2, 0) is 0 Å². The van der Waals surface area contributed by atoms with Crippen LogP contribution in [0.3, 0.4) is 0 Å². The summed E-state index contributed by atoms with van der Waals surface area (Å²) in [7, 11) is 0. The molecule has 0 amide bonds. The minimum Gasteiger partial charge on any atom is -0.457 e. The topological polar surface area (TPSA) is 37.7 Å². The predicted molar refractivity (Wildman–Crippen MR) is 107 cm³/mol. The van der Waals surface area contributed by atoms with Crippen molar-refractivity contribution in [2.45, 2.75) is 25.8 Å². The van der Waals surface area contributed by atoms with Crippen molar-refractivity contribution in [2.75, 3.05) is 25.0 Å². The molecule has 1 saturated heterocycles. The Kier molecular flexibility index (Phi) is 6.25. The minimum absolute atomic E-state index is 0.673. The highest BCUT2D eigenvalue weighted by Gasteiger charge is 2.26. The fourth-order valence-electron chi connectivity index (χ4n) is 3.32. The van der Waals surface area contributed by atoms with Gasteiger partial charge < -0.3 is 20.3 Å². The van der Waals surface area contributed by atoms with Crippen molar-refractivity contribution in [3.63, 3.8) is 0 Å². The number of benzene rings is 2. The molecule has 1 unspecified atom stereocenters. The molecule has 0 bridgehead atoms. The number of rotatable bonds is 6. The van der Waals surface area contributed by atoms with Crippen LogP contribution < -0.4 is 20.3 Å². The van der Waals surface area contributed by atoms with Crippen LogP contribution in [0.2, 0.25) is 0 Å². The zero-order valence-corrected chi connectivity index (χ0v) is 15.4. The molecule has 0 aromatic heterocycles. The van der Waals surface area contributed by atoms with Gasteiger partial charge in [-0.25, -0.2) is 0 Å². The Hall–Kier alpha value is -2.11. The maximum atomic E-state index is 5.80. The molecular formula is C20H26N3OS+. The number of likely N-dealkylation sites (N-methyl/N-ethyl adjacent to an activating group) is 1. The summed E-state index contributed by atoms with van der Waals surface area (Å²) in [5, 5.41) is 7.29. The molecule has 3 N–H and O–H groups in total. The summed E-state index contributed by atoms with van der Waals surface area (Å²) in [6, 6.07) is 18.3. The normalized spacial score (nSPS) is 19.4. The third-order valence-electron chi connectivity index (χ3n) is 4.68. The maximum Gasteiger partial charge on any atom is 0.170 e. The lowest BCUT2D eigenvalue weighted by atomic mass is 10.2. The van der Waals surface area contributed by atoms with Gasteiger partial charge in [-0.15, -0.1) is 0 Å². The Bertz CT molecular complexity index is 675. The summed E-state index contributed by atoms with van der Waals surface area (Å²) in [6.07, 6.45) is 2.60. The number of para-hydroxylation sites is 1. The average molecular weight is 357 g/mol. The standard InChI is InChI=1S/C20H25N3OS/c1-2-23-14-6-7-17(23)15-21-20(25)22-16-10-12-19(13-11-16)24-18-8-4-3-5-9-18/h3-5,8-13,17H,2,6-7,14-15H2,1H3,(H2,21,22,25)/p+1/t17-/m0/s1. The lowest BCUT2D eigenvalue weighted by molar-refractivity contribution is -0.909. The first-order valence-electron chi connectivity index (χ1n) is 8.97. The first-order valence-corrected chi connectivity index (χ1v) is 9.38. The van der Waals surface area contributed by atoms with Gasteiger partial charge in [0.2, 0.25) is 0 Å². The molecule has 2 aromatic carbocycles. The molecule has 0 aliphatic carbocycles. The van der Waals surface area contributed by atoms with Gasteiger partial charge in [0.15, 0.2) is 5.11 Å². The number of quaternary nitrogens is 1. The van der Waals surface area contributed by atoms with Gasteiger partial charge in [-0.3, -0.25) is 0 Å². The first-order chi connectivity index (χ1) is 12.2. The van der Waals surface area contributed by atoms with Crippen LogP contribution >= 0.6 is 12.2 Å². The Morgan fingerprint density at radius 1 is 1.12 bits per heavy atom. The molecule has 5 heteroatoms. The molecule has 2 aromatic rings. The van der Waals surface area contributed by atoms with E-state index in [1.54, 1.807) is 4.90 Å². The van der Waals surface area contributed by atoms with Crippen LogP contribution in [0.4, 0.5) is 5.69 Å². The van der Waals surface area contributed by atoms with E-state index in [1.165, 1.54) is 25.9 Å². The number of likely N-dealkylation sites (tertiary alicyclic amines) is 1. The Morgan fingerprint density at radius 2 is 1.84 bits per heavy atom. The van der Waals surface area contributed by atoms with Crippen molar-refractivity contribution in [1.82, 2.24) is 5.32 Å². The van der Waals surface area contributed by atoms with Crippen LogP contribution in [0.5, 0.6) is 11.5 Å². The van der Waals surface area contributed by atoms with E-state index in [2.05, 4.69) is 17.6 Å². The summed E-state index contributed by atoms with van der Waals surface area (Å²) in [6.45, 7) is 5.66. The van der Waals surface area contributed by atoms with Crippen molar-refractivity contribution < 1.29 is 9.64 Å². The van der Waals surface area contributed by atoms with Crippen LogP contribution in [0, 0.1) is 0 Å². The second-order valence-electron chi connectivity index (χ2n) is 6.38. The fourth-order valence-corrected chi connectivity index (χ4v) is 3.52. The minimum atomic E-state index is 0.673. The van der Waals surface area contributed by atoms with Crippen LogP contribution in [0.1, 0.15) is 19.8 Å². The van der Waals surface area contributed by atoms with Gasteiger partial charge in [0, 0.05) is 18.5 Å². The van der Waals surface area contributed by atoms with E-state index in [9.17, 15) is 0 Å². The molecule has 25 heavy (non-hydrogen) atoms. The maximum absolute atomic E-state index is 5.80. The third kappa shape index (κ3) is 5.18. The SMILES string of the molecule is CC[NH+]1CCC[C@H]1CNC(=S)Nc1ccc(Oc2ccccc2)cc1. The van der Waals surface area contributed by atoms with Gasteiger partial charge in [0.25, 0.3) is 0 Å². The zero-order valence-electron chi connectivity index (χ0n) is 14.6. The largest absolute Gasteiger partial charge is 0.457 e. The highest BCUT2D eigenvalue weighted by Crippen LogP contribution is 2.22. The first kappa shape index (κ1) is 17.7. The van der Waals surface area contributed by atoms with E-state index in [-0.39, 0.29) is 0 Å². The van der Waals surface area contributed by atoms with E-state index in [4.69, 9.17) is 17.0 Å². The molecule has 1 fully saturated rings. The van der Waals surface area contributed by atoms with E-state index >= 15 is 0 Å². The summed E-state index contributed by atoms with van der Waals surface area (Å²) in [4.78, 5) is 1.68. The lowest BCUT2D eigenvalue weighted by Crippen LogP contribution is -3.14. The van der Waals surface area contributed by atoms with E-state index in [0.29, 0.717) is 11.2 Å². The van der Waals surface area contributed by atoms with Crippen molar-refractivity contribution in [1.29, 1.82) is 0 Å². The highest BCUT2D eigenvalue weighted by atomic mass is 32.1. The smallest absolute Gasteiger partial charge is 0.170 e. The summed E-state index contributed by atoms with van der Waals surface area (Å²) >= 11 is 5.42. The summed E-state index contributed by atoms with van der Waals surface area (Å²) < 4.78 is 5.80. The van der Waals surface area contributed by atoms with Crippen molar-refractivity contribution >= 4 is 23.0 Å². The molecule has 0 radical (unpaired) electrons. The predicted octanol–water partition coefficient (Wildman–Crippen LogP) is 2.83.